The van der Waals surface area contributed by atoms with E-state index in [-0.39, 0.29) is 45.0 Å². The van der Waals surface area contributed by atoms with E-state index in [0.717, 1.165) is 25.1 Å². The lowest BCUT2D eigenvalue weighted by Crippen LogP contribution is -2.32. The molecule has 3 aromatic heterocycles. The summed E-state index contributed by atoms with van der Waals surface area (Å²) < 4.78 is 66.5. The summed E-state index contributed by atoms with van der Waals surface area (Å²) in [6.07, 6.45) is -1.83. The van der Waals surface area contributed by atoms with Crippen molar-refractivity contribution in [3.05, 3.63) is 29.6 Å². The number of carbonyl (C=O) groups is 1. The number of imidazole rings is 1. The highest BCUT2D eigenvalue weighted by Crippen LogP contribution is 2.34. The zero-order valence-electron chi connectivity index (χ0n) is 18.8. The molecule has 0 unspecified atom stereocenters. The summed E-state index contributed by atoms with van der Waals surface area (Å²) in [5.74, 6) is -0.0208. The lowest BCUT2D eigenvalue weighted by Gasteiger charge is -2.18. The topological polar surface area (TPSA) is 110 Å². The average molecular weight is 497 g/mol. The summed E-state index contributed by atoms with van der Waals surface area (Å²) in [5, 5.41) is 2.72. The fourth-order valence-corrected chi connectivity index (χ4v) is 4.92. The molecule has 1 aliphatic heterocycles. The molecule has 0 aliphatic carbocycles. The standard InChI is InChI=1S/C21H23F3N6O3S/c1-4-34(32,33)15-9-12(2)18(28-20(31)30-7-5-6-8-30)27-17(15)19-26-13-10-16(21(22,23)24)25-11-14(13)29(19)3/h9-11H,4-8H2,1-3H3,(H,27,28,31). The molecule has 1 aliphatic rings. The molecule has 1 saturated heterocycles. The maximum atomic E-state index is 13.1. The Labute approximate surface area is 193 Å². The molecule has 9 nitrogen and oxygen atoms in total. The van der Waals surface area contributed by atoms with Crippen LogP contribution in [0.4, 0.5) is 23.8 Å². The molecule has 4 heterocycles. The molecule has 0 radical (unpaired) electrons. The van der Waals surface area contributed by atoms with Gasteiger partial charge in [0.1, 0.15) is 17.2 Å². The van der Waals surface area contributed by atoms with Gasteiger partial charge in [0.25, 0.3) is 0 Å². The Morgan fingerprint density at radius 2 is 1.85 bits per heavy atom. The zero-order chi connectivity index (χ0) is 24.8. The second-order valence-corrected chi connectivity index (χ2v) is 10.3. The van der Waals surface area contributed by atoms with Crippen LogP contribution < -0.4 is 5.32 Å². The van der Waals surface area contributed by atoms with Crippen LogP contribution in [0.5, 0.6) is 0 Å². The number of nitrogens with zero attached hydrogens (tertiary/aromatic N) is 5. The smallest absolute Gasteiger partial charge is 0.324 e. The van der Waals surface area contributed by atoms with Crippen LogP contribution in [-0.4, -0.2) is 57.7 Å². The van der Waals surface area contributed by atoms with Gasteiger partial charge in [0.15, 0.2) is 15.7 Å². The van der Waals surface area contributed by atoms with Crippen molar-refractivity contribution in [2.24, 2.45) is 7.05 Å². The molecular formula is C21H23F3N6O3S. The van der Waals surface area contributed by atoms with E-state index in [1.165, 1.54) is 24.6 Å². The highest BCUT2D eigenvalue weighted by Gasteiger charge is 2.33. The number of carbonyl (C=O) groups excluding carboxylic acids is 1. The fourth-order valence-electron chi connectivity index (χ4n) is 3.82. The molecule has 1 N–H and O–H groups in total. The van der Waals surface area contributed by atoms with Crippen LogP contribution in [0, 0.1) is 6.92 Å². The van der Waals surface area contributed by atoms with Gasteiger partial charge in [-0.3, -0.25) is 5.32 Å². The van der Waals surface area contributed by atoms with Crippen LogP contribution in [0.1, 0.15) is 31.0 Å². The van der Waals surface area contributed by atoms with Gasteiger partial charge in [0.2, 0.25) is 0 Å². The van der Waals surface area contributed by atoms with E-state index in [4.69, 9.17) is 0 Å². The minimum atomic E-state index is -4.66. The predicted octanol–water partition coefficient (Wildman–Crippen LogP) is 3.78. The monoisotopic (exact) mass is 496 g/mol. The number of hydrogen-bond donors (Lipinski definition) is 1. The van der Waals surface area contributed by atoms with E-state index in [1.807, 2.05) is 0 Å². The van der Waals surface area contributed by atoms with Crippen molar-refractivity contribution in [3.8, 4) is 11.5 Å². The van der Waals surface area contributed by atoms with Crippen LogP contribution >= 0.6 is 0 Å². The van der Waals surface area contributed by atoms with E-state index in [1.54, 1.807) is 11.8 Å². The Balaban J connectivity index is 1.88. The first-order valence-corrected chi connectivity index (χ1v) is 12.3. The van der Waals surface area contributed by atoms with Gasteiger partial charge < -0.3 is 9.47 Å². The summed E-state index contributed by atoms with van der Waals surface area (Å²) in [4.78, 5) is 26.3. The van der Waals surface area contributed by atoms with Gasteiger partial charge in [0, 0.05) is 20.1 Å². The van der Waals surface area contributed by atoms with Crippen LogP contribution in [0.2, 0.25) is 0 Å². The quantitative estimate of drug-likeness (QED) is 0.589. The number of nitrogens with one attached hydrogen (secondary N) is 1. The molecule has 1 fully saturated rings. The van der Waals surface area contributed by atoms with Crippen LogP contribution in [-0.2, 0) is 23.1 Å². The Bertz CT molecular complexity index is 1380. The first kappa shape index (κ1) is 23.9. The highest BCUT2D eigenvalue weighted by molar-refractivity contribution is 7.91. The van der Waals surface area contributed by atoms with Crippen LogP contribution in [0.15, 0.2) is 23.2 Å². The first-order chi connectivity index (χ1) is 15.9. The number of halogens is 3. The highest BCUT2D eigenvalue weighted by atomic mass is 32.2. The average Bonchev–Trinajstić information content (AvgIpc) is 3.42. The normalized spacial score (nSPS) is 14.7. The molecule has 13 heteroatoms. The molecule has 0 saturated carbocycles. The van der Waals surface area contributed by atoms with Crippen molar-refractivity contribution in [2.45, 2.75) is 37.8 Å². The van der Waals surface area contributed by atoms with Gasteiger partial charge in [-0.2, -0.15) is 13.2 Å². The van der Waals surface area contributed by atoms with Gasteiger partial charge in [-0.05, 0) is 37.5 Å². The third-order valence-corrected chi connectivity index (χ3v) is 7.52. The molecule has 4 rings (SSSR count). The molecule has 0 aromatic carbocycles. The molecule has 182 valence electrons. The minimum absolute atomic E-state index is 0.00954. The predicted molar refractivity (Wildman–Crippen MR) is 119 cm³/mol. The summed E-state index contributed by atoms with van der Waals surface area (Å²) in [5.41, 5.74) is -0.474. The van der Waals surface area contributed by atoms with Crippen molar-refractivity contribution >= 4 is 32.7 Å². The largest absolute Gasteiger partial charge is 0.433 e. The van der Waals surface area contributed by atoms with Crippen LogP contribution in [0.3, 0.4) is 0 Å². The van der Waals surface area contributed by atoms with Crippen molar-refractivity contribution in [1.29, 1.82) is 0 Å². The number of anilines is 1. The number of aryl methyl sites for hydroxylation is 2. The number of aromatic nitrogens is 4. The SMILES string of the molecule is CCS(=O)(=O)c1cc(C)c(NC(=O)N2CCCC2)nc1-c1nc2cc(C(F)(F)F)ncc2n1C. The van der Waals surface area contributed by atoms with Gasteiger partial charge in [-0.15, -0.1) is 0 Å². The Hall–Kier alpha value is -3.22. The van der Waals surface area contributed by atoms with Gasteiger partial charge >= 0.3 is 12.2 Å². The minimum Gasteiger partial charge on any atom is -0.324 e. The molecule has 34 heavy (non-hydrogen) atoms. The number of likely N-dealkylation sites (tertiary alicyclic amines) is 1. The number of fused-ring (bicyclic) bond motifs is 1. The maximum Gasteiger partial charge on any atom is 0.433 e. The second kappa shape index (κ2) is 8.53. The number of alkyl halides is 3. The lowest BCUT2D eigenvalue weighted by atomic mass is 10.2. The molecule has 0 bridgehead atoms. The summed E-state index contributed by atoms with van der Waals surface area (Å²) in [6.45, 7) is 4.32. The number of urea groups is 1. The summed E-state index contributed by atoms with van der Waals surface area (Å²) >= 11 is 0. The van der Waals surface area contributed by atoms with Crippen molar-refractivity contribution in [1.82, 2.24) is 24.4 Å². The molecule has 3 aromatic rings. The maximum absolute atomic E-state index is 13.1. The van der Waals surface area contributed by atoms with E-state index < -0.39 is 21.7 Å². The van der Waals surface area contributed by atoms with E-state index in [0.29, 0.717) is 18.7 Å². The third-order valence-electron chi connectivity index (χ3n) is 5.78. The number of pyridine rings is 2. The Morgan fingerprint density at radius 3 is 2.47 bits per heavy atom. The van der Waals surface area contributed by atoms with Gasteiger partial charge in [-0.1, -0.05) is 6.92 Å². The summed E-state index contributed by atoms with van der Waals surface area (Å²) in [6, 6.07) is 1.85. The van der Waals surface area contributed by atoms with E-state index in [2.05, 4.69) is 20.3 Å². The molecule has 2 amide bonds. The van der Waals surface area contributed by atoms with Gasteiger partial charge in [0.05, 0.1) is 27.9 Å². The molecule has 0 atom stereocenters. The van der Waals surface area contributed by atoms with E-state index in [9.17, 15) is 26.4 Å². The number of sulfone groups is 1. The summed E-state index contributed by atoms with van der Waals surface area (Å²) in [7, 11) is -2.25. The second-order valence-electron chi connectivity index (χ2n) is 8.08. The first-order valence-electron chi connectivity index (χ1n) is 10.6. The van der Waals surface area contributed by atoms with Crippen molar-refractivity contribution < 1.29 is 26.4 Å². The van der Waals surface area contributed by atoms with E-state index >= 15 is 0 Å². The molecular weight excluding hydrogens is 473 g/mol. The van der Waals surface area contributed by atoms with Gasteiger partial charge in [-0.25, -0.2) is 28.2 Å². The Kier molecular flexibility index (Phi) is 6.00. The third kappa shape index (κ3) is 4.31. The van der Waals surface area contributed by atoms with Crippen molar-refractivity contribution in [2.75, 3.05) is 24.2 Å². The molecule has 0 spiro atoms. The van der Waals surface area contributed by atoms with Crippen molar-refractivity contribution in [3.63, 3.8) is 0 Å². The number of amides is 2. The lowest BCUT2D eigenvalue weighted by molar-refractivity contribution is -0.141. The Morgan fingerprint density at radius 1 is 1.18 bits per heavy atom. The fraction of sp³-hybridized carbons (Fsp3) is 0.429. The number of hydrogen-bond acceptors (Lipinski definition) is 6. The van der Waals surface area contributed by atoms with Crippen LogP contribution in [0.25, 0.3) is 22.6 Å². The number of rotatable bonds is 4. The zero-order valence-corrected chi connectivity index (χ0v) is 19.6.